The number of hydrogen-bond donors (Lipinski definition) is 2. The predicted octanol–water partition coefficient (Wildman–Crippen LogP) is 1.74. The summed E-state index contributed by atoms with van der Waals surface area (Å²) in [5.74, 6) is -0.701. The van der Waals surface area contributed by atoms with E-state index in [9.17, 15) is 15.0 Å². The van der Waals surface area contributed by atoms with Gasteiger partial charge in [0.25, 0.3) is 5.91 Å². The zero-order valence-corrected chi connectivity index (χ0v) is 11.0. The molecule has 1 heterocycles. The maximum Gasteiger partial charge on any atom is 0.253 e. The van der Waals surface area contributed by atoms with E-state index in [0.29, 0.717) is 12.1 Å². The van der Waals surface area contributed by atoms with Crippen LogP contribution in [0.5, 0.6) is 11.5 Å². The maximum absolute atomic E-state index is 12.2. The second-order valence-electron chi connectivity index (χ2n) is 4.88. The van der Waals surface area contributed by atoms with Crippen molar-refractivity contribution in [2.75, 3.05) is 20.2 Å². The fourth-order valence-electron chi connectivity index (χ4n) is 2.22. The van der Waals surface area contributed by atoms with E-state index in [1.54, 1.807) is 11.9 Å². The molecule has 19 heavy (non-hydrogen) atoms. The van der Waals surface area contributed by atoms with E-state index in [-0.39, 0.29) is 23.5 Å². The van der Waals surface area contributed by atoms with Crippen LogP contribution < -0.4 is 0 Å². The third kappa shape index (κ3) is 3.38. The largest absolute Gasteiger partial charge is 0.504 e. The molecule has 0 spiro atoms. The lowest BCUT2D eigenvalue weighted by atomic mass is 10.1. The van der Waals surface area contributed by atoms with Crippen molar-refractivity contribution < 1.29 is 19.7 Å². The Morgan fingerprint density at radius 2 is 2.16 bits per heavy atom. The summed E-state index contributed by atoms with van der Waals surface area (Å²) in [6.45, 7) is 1.30. The van der Waals surface area contributed by atoms with E-state index in [1.165, 1.54) is 18.2 Å². The minimum absolute atomic E-state index is 0.0911. The summed E-state index contributed by atoms with van der Waals surface area (Å²) in [6, 6.07) is 4.08. The number of phenolic OH excluding ortho intramolecular Hbond substituents is 2. The van der Waals surface area contributed by atoms with Gasteiger partial charge in [0.05, 0.1) is 6.10 Å². The molecule has 2 N–H and O–H groups in total. The smallest absolute Gasteiger partial charge is 0.253 e. The van der Waals surface area contributed by atoms with Crippen LogP contribution in [0, 0.1) is 0 Å². The number of nitrogens with zero attached hydrogens (tertiary/aromatic N) is 1. The maximum atomic E-state index is 12.2. The second kappa shape index (κ2) is 5.93. The van der Waals surface area contributed by atoms with Gasteiger partial charge < -0.3 is 19.8 Å². The molecule has 104 valence electrons. The normalized spacial score (nSPS) is 19.1. The van der Waals surface area contributed by atoms with E-state index in [0.717, 1.165) is 25.9 Å². The van der Waals surface area contributed by atoms with Gasteiger partial charge in [0.2, 0.25) is 0 Å². The van der Waals surface area contributed by atoms with Crippen LogP contribution in [0.2, 0.25) is 0 Å². The molecule has 5 nitrogen and oxygen atoms in total. The summed E-state index contributed by atoms with van der Waals surface area (Å²) in [5, 5.41) is 18.6. The predicted molar refractivity (Wildman–Crippen MR) is 70.3 cm³/mol. The molecule has 1 aromatic carbocycles. The molecule has 1 aliphatic rings. The van der Waals surface area contributed by atoms with Gasteiger partial charge in [-0.05, 0) is 37.5 Å². The third-order valence-corrected chi connectivity index (χ3v) is 3.32. The van der Waals surface area contributed by atoms with Crippen molar-refractivity contribution in [2.45, 2.75) is 25.4 Å². The Labute approximate surface area is 112 Å². The quantitative estimate of drug-likeness (QED) is 0.817. The Bertz CT molecular complexity index is 455. The van der Waals surface area contributed by atoms with E-state index in [4.69, 9.17) is 4.74 Å². The summed E-state index contributed by atoms with van der Waals surface area (Å²) >= 11 is 0. The van der Waals surface area contributed by atoms with Gasteiger partial charge in [-0.3, -0.25) is 4.79 Å². The van der Waals surface area contributed by atoms with E-state index in [2.05, 4.69) is 0 Å². The van der Waals surface area contributed by atoms with Gasteiger partial charge in [0, 0.05) is 25.8 Å². The third-order valence-electron chi connectivity index (χ3n) is 3.32. The molecule has 0 radical (unpaired) electrons. The standard InChI is InChI=1S/C14H19NO4/c1-15(9-11-4-2-3-7-19-11)14(18)10-5-6-12(16)13(17)8-10/h5-6,8,11,16-17H,2-4,7,9H2,1H3. The Morgan fingerprint density at radius 3 is 2.79 bits per heavy atom. The molecule has 0 bridgehead atoms. The monoisotopic (exact) mass is 265 g/mol. The highest BCUT2D eigenvalue weighted by molar-refractivity contribution is 5.94. The molecular formula is C14H19NO4. The molecule has 1 aromatic rings. The fourth-order valence-corrected chi connectivity index (χ4v) is 2.22. The van der Waals surface area contributed by atoms with Crippen LogP contribution in [0.25, 0.3) is 0 Å². The number of carbonyl (C=O) groups excluding carboxylic acids is 1. The lowest BCUT2D eigenvalue weighted by Crippen LogP contribution is -2.37. The highest BCUT2D eigenvalue weighted by Crippen LogP contribution is 2.25. The van der Waals surface area contributed by atoms with Gasteiger partial charge in [0.15, 0.2) is 11.5 Å². The molecule has 1 saturated heterocycles. The first-order valence-corrected chi connectivity index (χ1v) is 6.47. The van der Waals surface area contributed by atoms with Crippen molar-refractivity contribution in [1.82, 2.24) is 4.90 Å². The molecule has 2 rings (SSSR count). The second-order valence-corrected chi connectivity index (χ2v) is 4.88. The van der Waals surface area contributed by atoms with Crippen molar-refractivity contribution in [3.05, 3.63) is 23.8 Å². The molecule has 1 fully saturated rings. The SMILES string of the molecule is CN(CC1CCCCO1)C(=O)c1ccc(O)c(O)c1. The van der Waals surface area contributed by atoms with Crippen molar-refractivity contribution in [1.29, 1.82) is 0 Å². The van der Waals surface area contributed by atoms with Crippen LogP contribution in [0.15, 0.2) is 18.2 Å². The van der Waals surface area contributed by atoms with Crippen LogP contribution in [0.3, 0.4) is 0 Å². The first kappa shape index (κ1) is 13.7. The fraction of sp³-hybridized carbons (Fsp3) is 0.500. The van der Waals surface area contributed by atoms with Gasteiger partial charge in [-0.2, -0.15) is 0 Å². The number of rotatable bonds is 3. The van der Waals surface area contributed by atoms with Crippen molar-refractivity contribution in [3.63, 3.8) is 0 Å². The summed E-state index contributed by atoms with van der Waals surface area (Å²) in [4.78, 5) is 13.7. The lowest BCUT2D eigenvalue weighted by molar-refractivity contribution is -0.000192. The summed E-state index contributed by atoms with van der Waals surface area (Å²) in [7, 11) is 1.71. The van der Waals surface area contributed by atoms with Crippen LogP contribution in [0.1, 0.15) is 29.6 Å². The molecular weight excluding hydrogens is 246 g/mol. The lowest BCUT2D eigenvalue weighted by Gasteiger charge is -2.27. The van der Waals surface area contributed by atoms with Crippen LogP contribution in [-0.2, 0) is 4.74 Å². The summed E-state index contributed by atoms with van der Waals surface area (Å²) in [5.41, 5.74) is 0.355. The van der Waals surface area contributed by atoms with Crippen LogP contribution >= 0.6 is 0 Å². The number of carbonyl (C=O) groups is 1. The number of ether oxygens (including phenoxy) is 1. The molecule has 0 aromatic heterocycles. The van der Waals surface area contributed by atoms with Gasteiger partial charge in [-0.25, -0.2) is 0 Å². The zero-order chi connectivity index (χ0) is 13.8. The molecule has 1 unspecified atom stereocenters. The Hall–Kier alpha value is -1.75. The van der Waals surface area contributed by atoms with E-state index in [1.807, 2.05) is 0 Å². The minimum atomic E-state index is -0.284. The molecule has 0 aliphatic carbocycles. The molecule has 1 atom stereocenters. The number of benzene rings is 1. The average molecular weight is 265 g/mol. The van der Waals surface area contributed by atoms with Gasteiger partial charge in [-0.1, -0.05) is 0 Å². The Balaban J connectivity index is 1.99. The van der Waals surface area contributed by atoms with Crippen LogP contribution in [0.4, 0.5) is 0 Å². The minimum Gasteiger partial charge on any atom is -0.504 e. The first-order chi connectivity index (χ1) is 9.08. The van der Waals surface area contributed by atoms with Gasteiger partial charge >= 0.3 is 0 Å². The van der Waals surface area contributed by atoms with Crippen molar-refractivity contribution >= 4 is 5.91 Å². The van der Waals surface area contributed by atoms with E-state index >= 15 is 0 Å². The first-order valence-electron chi connectivity index (χ1n) is 6.47. The average Bonchev–Trinajstić information content (AvgIpc) is 2.42. The number of aromatic hydroxyl groups is 2. The van der Waals surface area contributed by atoms with Gasteiger partial charge in [0.1, 0.15) is 0 Å². The van der Waals surface area contributed by atoms with Crippen LogP contribution in [-0.4, -0.2) is 47.3 Å². The number of hydrogen-bond acceptors (Lipinski definition) is 4. The molecule has 5 heteroatoms. The highest BCUT2D eigenvalue weighted by atomic mass is 16.5. The molecule has 1 aliphatic heterocycles. The number of likely N-dealkylation sites (N-methyl/N-ethyl adjacent to an activating group) is 1. The summed E-state index contributed by atoms with van der Waals surface area (Å²) in [6.07, 6.45) is 3.28. The number of amides is 1. The molecule has 1 amide bonds. The number of phenols is 2. The van der Waals surface area contributed by atoms with E-state index < -0.39 is 0 Å². The Morgan fingerprint density at radius 1 is 1.37 bits per heavy atom. The van der Waals surface area contributed by atoms with Crippen molar-refractivity contribution in [2.24, 2.45) is 0 Å². The van der Waals surface area contributed by atoms with Gasteiger partial charge in [-0.15, -0.1) is 0 Å². The topological polar surface area (TPSA) is 70.0 Å². The summed E-state index contributed by atoms with van der Waals surface area (Å²) < 4.78 is 5.59. The van der Waals surface area contributed by atoms with Crippen molar-refractivity contribution in [3.8, 4) is 11.5 Å². The Kier molecular flexibility index (Phi) is 4.27. The highest BCUT2D eigenvalue weighted by Gasteiger charge is 2.20. The molecule has 0 saturated carbocycles. The zero-order valence-electron chi connectivity index (χ0n) is 11.0.